The Morgan fingerprint density at radius 3 is 2.45 bits per heavy atom. The number of carbonyl (C=O) groups excluding carboxylic acids is 2. The molecule has 0 radical (unpaired) electrons. The van der Waals surface area contributed by atoms with Crippen LogP contribution in [0.3, 0.4) is 0 Å². The first-order valence-corrected chi connectivity index (χ1v) is 15.0. The Labute approximate surface area is 256 Å². The lowest BCUT2D eigenvalue weighted by Gasteiger charge is -2.31. The van der Waals surface area contributed by atoms with Gasteiger partial charge in [0.1, 0.15) is 21.8 Å². The molecule has 3 aromatic rings. The van der Waals surface area contributed by atoms with Gasteiger partial charge in [-0.05, 0) is 69.0 Å². The number of carbonyl (C=O) groups is 2. The van der Waals surface area contributed by atoms with Gasteiger partial charge in [0.25, 0.3) is 11.5 Å². The highest BCUT2D eigenvalue weighted by atomic mass is 32.1. The molecule has 1 aliphatic heterocycles. The molecule has 0 unspecified atom stereocenters. The van der Waals surface area contributed by atoms with Gasteiger partial charge < -0.3 is 16.0 Å². The van der Waals surface area contributed by atoms with E-state index in [4.69, 9.17) is 0 Å². The summed E-state index contributed by atoms with van der Waals surface area (Å²) in [7, 11) is 0. The molecule has 0 bridgehead atoms. The lowest BCUT2D eigenvalue weighted by Crippen LogP contribution is -2.39. The maximum absolute atomic E-state index is 12.9. The molecule has 0 atom stereocenters. The average Bonchev–Trinajstić information content (AvgIpc) is 3.31. The number of thiazole rings is 1. The molecule has 1 fully saturated rings. The van der Waals surface area contributed by atoms with E-state index >= 15 is 0 Å². The molecule has 1 aliphatic rings. The first-order chi connectivity index (χ1) is 21.1. The summed E-state index contributed by atoms with van der Waals surface area (Å²) in [5, 5.41) is 17.0. The number of aromatic nitrogens is 1. The summed E-state index contributed by atoms with van der Waals surface area (Å²) in [5.41, 5.74) is 1.37. The number of hydrogen-bond donors (Lipinski definition) is 3. The van der Waals surface area contributed by atoms with E-state index in [2.05, 4.69) is 39.8 Å². The molecule has 2 heterocycles. The van der Waals surface area contributed by atoms with Gasteiger partial charge in [0.15, 0.2) is 5.57 Å². The van der Waals surface area contributed by atoms with Gasteiger partial charge in [-0.2, -0.15) is 18.4 Å². The number of hydrogen-bond acceptors (Lipinski definition) is 7. The van der Waals surface area contributed by atoms with Crippen molar-refractivity contribution in [2.75, 3.05) is 36.8 Å². The second-order valence-corrected chi connectivity index (χ2v) is 11.5. The summed E-state index contributed by atoms with van der Waals surface area (Å²) in [4.78, 5) is 40.1. The summed E-state index contributed by atoms with van der Waals surface area (Å²) >= 11 is 0.814. The Morgan fingerprint density at radius 2 is 1.80 bits per heavy atom. The Balaban J connectivity index is 1.38. The maximum Gasteiger partial charge on any atom is 0.405 e. The van der Waals surface area contributed by atoms with Crippen molar-refractivity contribution >= 4 is 46.3 Å². The van der Waals surface area contributed by atoms with Gasteiger partial charge in [-0.1, -0.05) is 36.4 Å². The van der Waals surface area contributed by atoms with E-state index in [-0.39, 0.29) is 28.2 Å². The molecule has 4 rings (SSSR count). The molecular weight excluding hydrogens is 593 g/mol. The van der Waals surface area contributed by atoms with E-state index in [1.54, 1.807) is 42.6 Å². The quantitative estimate of drug-likeness (QED) is 0.319. The molecule has 9 nitrogen and oxygen atoms in total. The number of piperidine rings is 1. The van der Waals surface area contributed by atoms with Crippen molar-refractivity contribution < 1.29 is 22.8 Å². The Kier molecular flexibility index (Phi) is 11.0. The zero-order chi connectivity index (χ0) is 31.7. The number of nitriles is 1. The lowest BCUT2D eigenvalue weighted by molar-refractivity contribution is -0.135. The Bertz CT molecular complexity index is 1690. The first kappa shape index (κ1) is 32.5. The second kappa shape index (κ2) is 14.9. The van der Waals surface area contributed by atoms with Crippen molar-refractivity contribution in [1.29, 1.82) is 5.26 Å². The standard InChI is InChI=1S/C31H33F3N6O3S/c1-2-40-29(43)26(44-30(40)25(17-35)28(42)37-20-31(32,33)34)18-36-23-9-6-10-24(16-23)38-27(41)19-39-13-11-22(12-14-39)15-21-7-4-3-5-8-21/h3-10,16,18,22,36H,2,11-15,19-20H2,1H3,(H,37,42)(H,38,41). The summed E-state index contributed by atoms with van der Waals surface area (Å²) < 4.78 is 38.9. The number of benzene rings is 2. The van der Waals surface area contributed by atoms with Crippen LogP contribution in [0.1, 0.15) is 25.3 Å². The fraction of sp³-hybridized carbons (Fsp3) is 0.355. The molecule has 0 spiro atoms. The smallest absolute Gasteiger partial charge is 0.360 e. The minimum atomic E-state index is -4.65. The highest BCUT2D eigenvalue weighted by molar-refractivity contribution is 7.07. The summed E-state index contributed by atoms with van der Waals surface area (Å²) in [6, 6.07) is 18.9. The van der Waals surface area contributed by atoms with Crippen LogP contribution in [0.25, 0.3) is 11.8 Å². The Morgan fingerprint density at radius 1 is 1.09 bits per heavy atom. The van der Waals surface area contributed by atoms with Gasteiger partial charge in [-0.3, -0.25) is 23.9 Å². The molecule has 44 heavy (non-hydrogen) atoms. The van der Waals surface area contributed by atoms with Gasteiger partial charge in [-0.25, -0.2) is 0 Å². The molecule has 2 amide bonds. The summed E-state index contributed by atoms with van der Waals surface area (Å²) in [6.45, 7) is 2.12. The average molecular weight is 627 g/mol. The number of amides is 2. The van der Waals surface area contributed by atoms with Gasteiger partial charge >= 0.3 is 6.18 Å². The molecule has 0 saturated carbocycles. The van der Waals surface area contributed by atoms with Gasteiger partial charge in [-0.15, -0.1) is 11.3 Å². The third kappa shape index (κ3) is 9.05. The number of halogens is 3. The van der Waals surface area contributed by atoms with Gasteiger partial charge in [0.2, 0.25) is 5.91 Å². The van der Waals surface area contributed by atoms with E-state index in [1.165, 1.54) is 11.8 Å². The summed E-state index contributed by atoms with van der Waals surface area (Å²) in [5.74, 6) is -0.745. The van der Waals surface area contributed by atoms with Crippen LogP contribution in [-0.2, 0) is 22.6 Å². The van der Waals surface area contributed by atoms with Crippen LogP contribution in [0.5, 0.6) is 0 Å². The second-order valence-electron chi connectivity index (χ2n) is 10.4. The van der Waals surface area contributed by atoms with Crippen LogP contribution in [0.4, 0.5) is 24.5 Å². The van der Waals surface area contributed by atoms with Crippen LogP contribution in [0, 0.1) is 17.2 Å². The van der Waals surface area contributed by atoms with E-state index in [0.29, 0.717) is 17.3 Å². The fourth-order valence-corrected chi connectivity index (χ4v) is 6.08. The molecule has 13 heteroatoms. The maximum atomic E-state index is 12.9. The minimum absolute atomic E-state index is 0.0437. The molecule has 232 valence electrons. The largest absolute Gasteiger partial charge is 0.405 e. The molecular formula is C31H33F3N6O3S. The number of likely N-dealkylation sites (tertiary alicyclic amines) is 1. The van der Waals surface area contributed by atoms with Crippen molar-refractivity contribution in [2.45, 2.75) is 38.9 Å². The number of nitrogens with one attached hydrogen (secondary N) is 3. The third-order valence-electron chi connectivity index (χ3n) is 7.18. The molecule has 3 N–H and O–H groups in total. The van der Waals surface area contributed by atoms with Crippen molar-refractivity contribution in [1.82, 2.24) is 14.8 Å². The number of nitrogens with zero attached hydrogens (tertiary/aromatic N) is 3. The number of rotatable bonds is 10. The zero-order valence-corrected chi connectivity index (χ0v) is 24.9. The van der Waals surface area contributed by atoms with Crippen LogP contribution >= 0.6 is 11.3 Å². The summed E-state index contributed by atoms with van der Waals surface area (Å²) in [6.07, 6.45) is -0.134. The normalized spacial score (nSPS) is 15.4. The molecule has 1 saturated heterocycles. The highest BCUT2D eigenvalue weighted by Crippen LogP contribution is 2.22. The topological polar surface area (TPSA) is 119 Å². The van der Waals surface area contributed by atoms with Crippen molar-refractivity contribution in [3.05, 3.63) is 79.7 Å². The van der Waals surface area contributed by atoms with Crippen LogP contribution < -0.4 is 30.7 Å². The lowest BCUT2D eigenvalue weighted by atomic mass is 9.90. The Hall–Kier alpha value is -4.41. The predicted octanol–water partition coefficient (Wildman–Crippen LogP) is 3.03. The van der Waals surface area contributed by atoms with E-state index in [0.717, 1.165) is 48.3 Å². The van der Waals surface area contributed by atoms with Crippen molar-refractivity contribution in [3.8, 4) is 6.07 Å². The highest BCUT2D eigenvalue weighted by Gasteiger charge is 2.29. The van der Waals surface area contributed by atoms with Crippen molar-refractivity contribution in [2.24, 2.45) is 5.92 Å². The number of alkyl halides is 3. The van der Waals surface area contributed by atoms with Gasteiger partial charge in [0.05, 0.1) is 6.54 Å². The first-order valence-electron chi connectivity index (χ1n) is 14.2. The third-order valence-corrected chi connectivity index (χ3v) is 8.31. The van der Waals surface area contributed by atoms with Crippen LogP contribution in [-0.4, -0.2) is 53.6 Å². The number of anilines is 2. The zero-order valence-electron chi connectivity index (χ0n) is 24.1. The SMILES string of the molecule is CCn1c(=C(C#N)C(=O)NCC(F)(F)F)sc(=CNc2cccc(NC(=O)CN3CCC(Cc4ccccc4)CC3)c2)c1=O. The van der Waals surface area contributed by atoms with E-state index in [1.807, 2.05) is 6.07 Å². The van der Waals surface area contributed by atoms with E-state index in [9.17, 15) is 32.8 Å². The van der Waals surface area contributed by atoms with Crippen LogP contribution in [0.15, 0.2) is 59.4 Å². The predicted molar refractivity (Wildman–Crippen MR) is 164 cm³/mol. The van der Waals surface area contributed by atoms with E-state index < -0.39 is 29.8 Å². The fourth-order valence-electron chi connectivity index (χ4n) is 4.99. The molecule has 2 aromatic carbocycles. The minimum Gasteiger partial charge on any atom is -0.360 e. The van der Waals surface area contributed by atoms with Crippen molar-refractivity contribution in [3.63, 3.8) is 0 Å². The van der Waals surface area contributed by atoms with Gasteiger partial charge in [0, 0.05) is 24.1 Å². The molecule has 1 aromatic heterocycles. The monoisotopic (exact) mass is 626 g/mol. The molecule has 0 aliphatic carbocycles. The van der Waals surface area contributed by atoms with Crippen LogP contribution in [0.2, 0.25) is 0 Å².